The summed E-state index contributed by atoms with van der Waals surface area (Å²) in [4.78, 5) is 25.9. The van der Waals surface area contributed by atoms with E-state index in [1.165, 1.54) is 9.79 Å². The molecule has 2 rings (SSSR count). The molecule has 0 unspecified atom stereocenters. The predicted molar refractivity (Wildman–Crippen MR) is 109 cm³/mol. The first-order valence-electron chi connectivity index (χ1n) is 8.67. The van der Waals surface area contributed by atoms with Gasteiger partial charge in [0.05, 0.1) is 0 Å². The summed E-state index contributed by atoms with van der Waals surface area (Å²) >= 11 is 3.46. The van der Waals surface area contributed by atoms with Gasteiger partial charge >= 0.3 is 0 Å². The molecule has 0 saturated carbocycles. The Bertz CT molecular complexity index is 607. The van der Waals surface area contributed by atoms with Gasteiger partial charge in [-0.3, -0.25) is 20.4 Å². The van der Waals surface area contributed by atoms with E-state index in [0.29, 0.717) is 12.8 Å². The fourth-order valence-electron chi connectivity index (χ4n) is 2.14. The molecule has 2 aromatic rings. The van der Waals surface area contributed by atoms with E-state index in [1.54, 1.807) is 23.5 Å². The van der Waals surface area contributed by atoms with Crippen molar-refractivity contribution in [1.29, 1.82) is 0 Å². The second-order valence-electron chi connectivity index (χ2n) is 5.63. The lowest BCUT2D eigenvalue weighted by Crippen LogP contribution is -2.41. The minimum Gasteiger partial charge on any atom is -0.273 e. The van der Waals surface area contributed by atoms with Gasteiger partial charge in [0.1, 0.15) is 0 Å². The standard InChI is InChI=1S/C20H24N2O2S2/c23-19(13-7-15-25-17-9-3-1-4-10-17)21-22-20(24)14-8-16-26-18-11-5-2-6-12-18/h1-6,9-12H,7-8,13-16H2,(H,21,23)(H,22,24). The van der Waals surface area contributed by atoms with Crippen LogP contribution in [0.1, 0.15) is 25.7 Å². The number of thioether (sulfide) groups is 2. The lowest BCUT2D eigenvalue weighted by atomic mass is 10.3. The molecule has 0 aliphatic carbocycles. The first-order valence-corrected chi connectivity index (χ1v) is 10.6. The summed E-state index contributed by atoms with van der Waals surface area (Å²) in [6.45, 7) is 0. The van der Waals surface area contributed by atoms with Crippen molar-refractivity contribution in [3.8, 4) is 0 Å². The molecule has 0 aliphatic heterocycles. The summed E-state index contributed by atoms with van der Waals surface area (Å²) in [6.07, 6.45) is 2.36. The SMILES string of the molecule is O=C(CCCSc1ccccc1)NNC(=O)CCCSc1ccccc1. The number of rotatable bonds is 10. The molecule has 0 saturated heterocycles. The third-order valence-electron chi connectivity index (χ3n) is 3.46. The number of nitrogens with one attached hydrogen (secondary N) is 2. The minimum atomic E-state index is -0.148. The molecule has 0 spiro atoms. The maximum absolute atomic E-state index is 11.7. The highest BCUT2D eigenvalue weighted by Crippen LogP contribution is 2.19. The Kier molecular flexibility index (Phi) is 9.75. The van der Waals surface area contributed by atoms with Gasteiger partial charge in [0.2, 0.25) is 11.8 Å². The maximum atomic E-state index is 11.7. The largest absolute Gasteiger partial charge is 0.273 e. The Hall–Kier alpha value is -1.92. The van der Waals surface area contributed by atoms with Crippen LogP contribution >= 0.6 is 23.5 Å². The third-order valence-corrected chi connectivity index (χ3v) is 5.66. The zero-order valence-corrected chi connectivity index (χ0v) is 16.3. The molecular formula is C20H24N2O2S2. The molecule has 0 bridgehead atoms. The van der Waals surface area contributed by atoms with Crippen LogP contribution in [0, 0.1) is 0 Å². The smallest absolute Gasteiger partial charge is 0.238 e. The molecule has 0 aromatic heterocycles. The van der Waals surface area contributed by atoms with Crippen molar-refractivity contribution >= 4 is 35.3 Å². The van der Waals surface area contributed by atoms with Crippen LogP contribution in [0.15, 0.2) is 70.5 Å². The normalized spacial score (nSPS) is 10.3. The van der Waals surface area contributed by atoms with Crippen molar-refractivity contribution in [2.75, 3.05) is 11.5 Å². The number of amides is 2. The monoisotopic (exact) mass is 388 g/mol. The van der Waals surface area contributed by atoms with Gasteiger partial charge in [-0.05, 0) is 48.6 Å². The number of hydrogen-bond acceptors (Lipinski definition) is 4. The molecule has 0 radical (unpaired) electrons. The fourth-order valence-corrected chi connectivity index (χ4v) is 3.89. The zero-order valence-electron chi connectivity index (χ0n) is 14.6. The Morgan fingerprint density at radius 1 is 0.654 bits per heavy atom. The summed E-state index contributed by atoms with van der Waals surface area (Å²) in [5.41, 5.74) is 4.97. The molecular weight excluding hydrogens is 364 g/mol. The number of hydrazine groups is 1. The topological polar surface area (TPSA) is 58.2 Å². The molecule has 2 N–H and O–H groups in total. The van der Waals surface area contributed by atoms with Crippen LogP contribution in [-0.4, -0.2) is 23.3 Å². The summed E-state index contributed by atoms with van der Waals surface area (Å²) < 4.78 is 0. The highest BCUT2D eigenvalue weighted by Gasteiger charge is 2.05. The summed E-state index contributed by atoms with van der Waals surface area (Å²) in [5, 5.41) is 0. The van der Waals surface area contributed by atoms with Crippen molar-refractivity contribution < 1.29 is 9.59 Å². The summed E-state index contributed by atoms with van der Waals surface area (Å²) in [6, 6.07) is 20.2. The first kappa shape index (κ1) is 20.4. The average Bonchev–Trinajstić information content (AvgIpc) is 2.68. The van der Waals surface area contributed by atoms with Gasteiger partial charge < -0.3 is 0 Å². The van der Waals surface area contributed by atoms with Gasteiger partial charge in [-0.1, -0.05) is 36.4 Å². The van der Waals surface area contributed by atoms with Crippen LogP contribution < -0.4 is 10.9 Å². The van der Waals surface area contributed by atoms with E-state index in [4.69, 9.17) is 0 Å². The number of benzene rings is 2. The minimum absolute atomic E-state index is 0.148. The average molecular weight is 389 g/mol. The Morgan fingerprint density at radius 3 is 1.42 bits per heavy atom. The van der Waals surface area contributed by atoms with E-state index in [1.807, 2.05) is 36.4 Å². The molecule has 0 aliphatic rings. The third kappa shape index (κ3) is 8.97. The van der Waals surface area contributed by atoms with Crippen LogP contribution in [-0.2, 0) is 9.59 Å². The predicted octanol–water partition coefficient (Wildman–Crippen LogP) is 4.28. The number of carbonyl (C=O) groups is 2. The molecule has 2 amide bonds. The van der Waals surface area contributed by atoms with Gasteiger partial charge in [0.15, 0.2) is 0 Å². The molecule has 0 atom stereocenters. The van der Waals surface area contributed by atoms with Crippen molar-refractivity contribution in [3.05, 3.63) is 60.7 Å². The van der Waals surface area contributed by atoms with Crippen molar-refractivity contribution in [1.82, 2.24) is 10.9 Å². The molecule has 4 nitrogen and oxygen atoms in total. The van der Waals surface area contributed by atoms with Crippen LogP contribution in [0.5, 0.6) is 0 Å². The van der Waals surface area contributed by atoms with Crippen molar-refractivity contribution in [2.45, 2.75) is 35.5 Å². The zero-order chi connectivity index (χ0) is 18.5. The summed E-state index contributed by atoms with van der Waals surface area (Å²) in [7, 11) is 0. The van der Waals surface area contributed by atoms with Gasteiger partial charge in [-0.2, -0.15) is 0 Å². The van der Waals surface area contributed by atoms with E-state index in [-0.39, 0.29) is 11.8 Å². The lowest BCUT2D eigenvalue weighted by molar-refractivity contribution is -0.128. The molecule has 0 fully saturated rings. The lowest BCUT2D eigenvalue weighted by Gasteiger charge is -2.07. The highest BCUT2D eigenvalue weighted by molar-refractivity contribution is 7.99. The Labute approximate surface area is 163 Å². The van der Waals surface area contributed by atoms with Crippen molar-refractivity contribution in [2.24, 2.45) is 0 Å². The Morgan fingerprint density at radius 2 is 1.04 bits per heavy atom. The van der Waals surface area contributed by atoms with E-state index in [9.17, 15) is 9.59 Å². The molecule has 2 aromatic carbocycles. The van der Waals surface area contributed by atoms with E-state index >= 15 is 0 Å². The van der Waals surface area contributed by atoms with Crippen LogP contribution in [0.2, 0.25) is 0 Å². The van der Waals surface area contributed by atoms with Crippen LogP contribution in [0.3, 0.4) is 0 Å². The highest BCUT2D eigenvalue weighted by atomic mass is 32.2. The molecule has 6 heteroatoms. The molecule has 138 valence electrons. The van der Waals surface area contributed by atoms with E-state index in [0.717, 1.165) is 24.3 Å². The van der Waals surface area contributed by atoms with E-state index < -0.39 is 0 Å². The molecule has 0 heterocycles. The number of carbonyl (C=O) groups excluding carboxylic acids is 2. The first-order chi connectivity index (χ1) is 12.7. The molecule has 26 heavy (non-hydrogen) atoms. The van der Waals surface area contributed by atoms with Gasteiger partial charge in [0, 0.05) is 22.6 Å². The second-order valence-corrected chi connectivity index (χ2v) is 7.96. The van der Waals surface area contributed by atoms with Crippen LogP contribution in [0.4, 0.5) is 0 Å². The van der Waals surface area contributed by atoms with Crippen LogP contribution in [0.25, 0.3) is 0 Å². The maximum Gasteiger partial charge on any atom is 0.238 e. The van der Waals surface area contributed by atoms with Gasteiger partial charge in [-0.15, -0.1) is 23.5 Å². The quantitative estimate of drug-likeness (QED) is 0.362. The van der Waals surface area contributed by atoms with Gasteiger partial charge in [0.25, 0.3) is 0 Å². The fraction of sp³-hybridized carbons (Fsp3) is 0.300. The number of hydrogen-bond donors (Lipinski definition) is 2. The Balaban J connectivity index is 1.47. The van der Waals surface area contributed by atoms with E-state index in [2.05, 4.69) is 35.1 Å². The van der Waals surface area contributed by atoms with Crippen molar-refractivity contribution in [3.63, 3.8) is 0 Å². The summed E-state index contributed by atoms with van der Waals surface area (Å²) in [5.74, 6) is 1.46. The second kappa shape index (κ2) is 12.4. The van der Waals surface area contributed by atoms with Gasteiger partial charge in [-0.25, -0.2) is 0 Å².